The molecule has 3 N–H and O–H groups in total. The number of carbonyl (C=O) groups excluding carboxylic acids is 2. The van der Waals surface area contributed by atoms with Gasteiger partial charge in [0.05, 0.1) is 6.54 Å². The highest BCUT2D eigenvalue weighted by molar-refractivity contribution is 5.98. The molecule has 1 aromatic rings. The maximum Gasteiger partial charge on any atom is 0.246 e. The van der Waals surface area contributed by atoms with Crippen LogP contribution in [0, 0.1) is 0 Å². The quantitative estimate of drug-likeness (QED) is 0.538. The normalized spacial score (nSPS) is 14.4. The third-order valence-electron chi connectivity index (χ3n) is 4.06. The van der Waals surface area contributed by atoms with Crippen molar-refractivity contribution in [1.82, 2.24) is 16.0 Å². The zero-order valence-corrected chi connectivity index (χ0v) is 16.8. The number of guanidine groups is 1. The summed E-state index contributed by atoms with van der Waals surface area (Å²) in [6.45, 7) is 9.21. The highest BCUT2D eigenvalue weighted by Gasteiger charge is 2.22. The number of hydrogen-bond donors (Lipinski definition) is 3. The van der Waals surface area contributed by atoms with Gasteiger partial charge in [-0.05, 0) is 52.2 Å². The number of rotatable bonds is 5. The van der Waals surface area contributed by atoms with Gasteiger partial charge in [0.25, 0.3) is 0 Å². The molecule has 1 aliphatic rings. The molecule has 1 aromatic carbocycles. The molecule has 0 atom stereocenters. The lowest BCUT2D eigenvalue weighted by molar-refractivity contribution is -0.121. The van der Waals surface area contributed by atoms with Crippen molar-refractivity contribution in [2.75, 3.05) is 31.1 Å². The monoisotopic (exact) mass is 373 g/mol. The van der Waals surface area contributed by atoms with Crippen LogP contribution in [-0.2, 0) is 16.0 Å². The molecule has 0 radical (unpaired) electrons. The zero-order chi connectivity index (χ0) is 19.9. The van der Waals surface area contributed by atoms with Crippen molar-refractivity contribution in [3.05, 3.63) is 29.8 Å². The number of benzene rings is 1. The van der Waals surface area contributed by atoms with Gasteiger partial charge in [-0.2, -0.15) is 0 Å². The van der Waals surface area contributed by atoms with Gasteiger partial charge in [0, 0.05) is 24.3 Å². The molecule has 7 nitrogen and oxygen atoms in total. The minimum absolute atomic E-state index is 0.00728. The molecule has 27 heavy (non-hydrogen) atoms. The molecule has 1 heterocycles. The third-order valence-corrected chi connectivity index (χ3v) is 4.06. The lowest BCUT2D eigenvalue weighted by Crippen LogP contribution is -2.47. The largest absolute Gasteiger partial charge is 0.357 e. The smallest absolute Gasteiger partial charge is 0.246 e. The van der Waals surface area contributed by atoms with Crippen molar-refractivity contribution in [1.29, 1.82) is 0 Å². The van der Waals surface area contributed by atoms with Crippen LogP contribution in [0.25, 0.3) is 0 Å². The Morgan fingerprint density at radius 1 is 1.19 bits per heavy atom. The summed E-state index contributed by atoms with van der Waals surface area (Å²) >= 11 is 0. The first kappa shape index (κ1) is 20.7. The van der Waals surface area contributed by atoms with E-state index in [4.69, 9.17) is 0 Å². The van der Waals surface area contributed by atoms with Gasteiger partial charge >= 0.3 is 0 Å². The van der Waals surface area contributed by atoms with Crippen molar-refractivity contribution in [2.45, 2.75) is 46.1 Å². The molecule has 0 saturated heterocycles. The number of carbonyl (C=O) groups is 2. The summed E-state index contributed by atoms with van der Waals surface area (Å²) < 4.78 is 0. The van der Waals surface area contributed by atoms with E-state index in [1.807, 2.05) is 50.8 Å². The second-order valence-corrected chi connectivity index (χ2v) is 7.62. The Labute approximate surface area is 161 Å². The molecule has 0 bridgehead atoms. The van der Waals surface area contributed by atoms with Gasteiger partial charge in [0.15, 0.2) is 5.96 Å². The highest BCUT2D eigenvalue weighted by atomic mass is 16.2. The average molecular weight is 374 g/mol. The predicted molar refractivity (Wildman–Crippen MR) is 109 cm³/mol. The number of nitrogens with zero attached hydrogens (tertiary/aromatic N) is 2. The SMILES string of the molecule is CCNC(=NCC(=O)NC(C)(C)C)NCC(=O)N1CCCc2ccccc21. The van der Waals surface area contributed by atoms with Crippen LogP contribution in [0.15, 0.2) is 29.3 Å². The number of para-hydroxylation sites is 1. The number of amides is 2. The standard InChI is InChI=1S/C20H31N5O2/c1-5-21-19(22-13-17(26)24-20(2,3)4)23-14-18(27)25-12-8-10-15-9-6-7-11-16(15)25/h6-7,9,11H,5,8,10,12-14H2,1-4H3,(H,24,26)(H2,21,22,23). The fourth-order valence-corrected chi connectivity index (χ4v) is 3.00. The summed E-state index contributed by atoms with van der Waals surface area (Å²) in [5.74, 6) is 0.295. The van der Waals surface area contributed by atoms with E-state index in [1.54, 1.807) is 0 Å². The molecule has 0 spiro atoms. The lowest BCUT2D eigenvalue weighted by Gasteiger charge is -2.29. The Kier molecular flexibility index (Phi) is 7.21. The Morgan fingerprint density at radius 2 is 1.93 bits per heavy atom. The first-order chi connectivity index (χ1) is 12.8. The van der Waals surface area contributed by atoms with Gasteiger partial charge in [-0.3, -0.25) is 9.59 Å². The molecular weight excluding hydrogens is 342 g/mol. The zero-order valence-electron chi connectivity index (χ0n) is 16.8. The molecule has 2 amide bonds. The van der Waals surface area contributed by atoms with E-state index in [0.717, 1.165) is 25.1 Å². The van der Waals surface area contributed by atoms with Crippen LogP contribution in [-0.4, -0.2) is 49.5 Å². The summed E-state index contributed by atoms with van der Waals surface area (Å²) in [4.78, 5) is 30.7. The van der Waals surface area contributed by atoms with Crippen molar-refractivity contribution < 1.29 is 9.59 Å². The Hall–Kier alpha value is -2.57. The van der Waals surface area contributed by atoms with E-state index in [-0.39, 0.29) is 30.4 Å². The predicted octanol–water partition coefficient (Wildman–Crippen LogP) is 1.44. The summed E-state index contributed by atoms with van der Waals surface area (Å²) in [5, 5.41) is 8.97. The number of aryl methyl sites for hydroxylation is 1. The number of anilines is 1. The molecule has 0 fully saturated rings. The van der Waals surface area contributed by atoms with Gasteiger partial charge in [0.2, 0.25) is 11.8 Å². The van der Waals surface area contributed by atoms with E-state index < -0.39 is 0 Å². The first-order valence-electron chi connectivity index (χ1n) is 9.51. The summed E-state index contributed by atoms with van der Waals surface area (Å²) in [5.41, 5.74) is 1.90. The molecule has 7 heteroatoms. The Bertz CT molecular complexity index is 694. The molecule has 148 valence electrons. The maximum atomic E-state index is 12.7. The fraction of sp³-hybridized carbons (Fsp3) is 0.550. The van der Waals surface area contributed by atoms with E-state index in [9.17, 15) is 9.59 Å². The third kappa shape index (κ3) is 6.58. The fourth-order valence-electron chi connectivity index (χ4n) is 3.00. The number of aliphatic imine (C=N–C) groups is 1. The second kappa shape index (κ2) is 9.39. The molecular formula is C20H31N5O2. The topological polar surface area (TPSA) is 85.8 Å². The van der Waals surface area contributed by atoms with Gasteiger partial charge in [-0.1, -0.05) is 18.2 Å². The van der Waals surface area contributed by atoms with Gasteiger partial charge in [-0.15, -0.1) is 0 Å². The summed E-state index contributed by atoms with van der Waals surface area (Å²) in [7, 11) is 0. The van der Waals surface area contributed by atoms with Crippen LogP contribution in [0.4, 0.5) is 5.69 Å². The van der Waals surface area contributed by atoms with Gasteiger partial charge < -0.3 is 20.9 Å². The van der Waals surface area contributed by atoms with E-state index in [1.165, 1.54) is 5.56 Å². The minimum Gasteiger partial charge on any atom is -0.357 e. The van der Waals surface area contributed by atoms with Crippen LogP contribution < -0.4 is 20.9 Å². The number of nitrogens with one attached hydrogen (secondary N) is 3. The second-order valence-electron chi connectivity index (χ2n) is 7.62. The first-order valence-corrected chi connectivity index (χ1v) is 9.51. The van der Waals surface area contributed by atoms with Gasteiger partial charge in [0.1, 0.15) is 6.54 Å². The van der Waals surface area contributed by atoms with E-state index in [0.29, 0.717) is 12.5 Å². The van der Waals surface area contributed by atoms with Crippen molar-refractivity contribution in [2.24, 2.45) is 4.99 Å². The van der Waals surface area contributed by atoms with Crippen LogP contribution in [0.5, 0.6) is 0 Å². The molecule has 0 aliphatic carbocycles. The molecule has 1 aliphatic heterocycles. The molecule has 0 saturated carbocycles. The van der Waals surface area contributed by atoms with Crippen LogP contribution in [0.2, 0.25) is 0 Å². The van der Waals surface area contributed by atoms with Crippen LogP contribution in [0.3, 0.4) is 0 Å². The van der Waals surface area contributed by atoms with Crippen molar-refractivity contribution in [3.63, 3.8) is 0 Å². The summed E-state index contributed by atoms with van der Waals surface area (Å²) in [6.07, 6.45) is 1.96. The molecule has 0 unspecified atom stereocenters. The average Bonchev–Trinajstić information content (AvgIpc) is 2.62. The lowest BCUT2D eigenvalue weighted by atomic mass is 10.0. The Balaban J connectivity index is 1.94. The summed E-state index contributed by atoms with van der Waals surface area (Å²) in [6, 6.07) is 8.02. The molecule has 0 aromatic heterocycles. The highest BCUT2D eigenvalue weighted by Crippen LogP contribution is 2.26. The minimum atomic E-state index is -0.296. The Morgan fingerprint density at radius 3 is 2.63 bits per heavy atom. The van der Waals surface area contributed by atoms with E-state index in [2.05, 4.69) is 27.0 Å². The van der Waals surface area contributed by atoms with Crippen LogP contribution in [0.1, 0.15) is 39.7 Å². The number of hydrogen-bond acceptors (Lipinski definition) is 3. The van der Waals surface area contributed by atoms with E-state index >= 15 is 0 Å². The maximum absolute atomic E-state index is 12.7. The van der Waals surface area contributed by atoms with Crippen molar-refractivity contribution >= 4 is 23.5 Å². The van der Waals surface area contributed by atoms with Crippen LogP contribution >= 0.6 is 0 Å². The number of fused-ring (bicyclic) bond motifs is 1. The van der Waals surface area contributed by atoms with Gasteiger partial charge in [-0.25, -0.2) is 4.99 Å². The molecule has 2 rings (SSSR count). The van der Waals surface area contributed by atoms with Crippen molar-refractivity contribution in [3.8, 4) is 0 Å².